The Labute approximate surface area is 102 Å². The molecule has 0 aliphatic carbocycles. The van der Waals surface area contributed by atoms with Crippen molar-refractivity contribution in [1.82, 2.24) is 0 Å². The summed E-state index contributed by atoms with van der Waals surface area (Å²) in [5, 5.41) is 9.01. The fourth-order valence-corrected chi connectivity index (χ4v) is 2.15. The molecule has 0 saturated carbocycles. The van der Waals surface area contributed by atoms with Gasteiger partial charge < -0.3 is 4.74 Å². The van der Waals surface area contributed by atoms with Gasteiger partial charge in [-0.15, -0.1) is 11.8 Å². The van der Waals surface area contributed by atoms with Crippen molar-refractivity contribution in [2.45, 2.75) is 30.9 Å². The lowest BCUT2D eigenvalue weighted by Gasteiger charge is -2.12. The molecule has 0 fully saturated rings. The fraction of sp³-hybridized carbons (Fsp3) is 0.462. The summed E-state index contributed by atoms with van der Waals surface area (Å²) in [7, 11) is 0. The van der Waals surface area contributed by atoms with E-state index in [1.165, 1.54) is 0 Å². The molecular formula is C13H17NOS. The van der Waals surface area contributed by atoms with Crippen LogP contribution in [0.3, 0.4) is 0 Å². The normalized spacial score (nSPS) is 12.2. The molecule has 0 aromatic heterocycles. The maximum Gasteiger partial charge on any atom is 0.119 e. The van der Waals surface area contributed by atoms with Crippen molar-refractivity contribution in [3.63, 3.8) is 0 Å². The highest BCUT2D eigenvalue weighted by Gasteiger charge is 2.13. The van der Waals surface area contributed by atoms with Crippen molar-refractivity contribution >= 4 is 11.8 Å². The molecule has 0 spiro atoms. The van der Waals surface area contributed by atoms with Crippen molar-refractivity contribution in [3.8, 4) is 11.8 Å². The highest BCUT2D eigenvalue weighted by atomic mass is 32.2. The zero-order valence-electron chi connectivity index (χ0n) is 9.93. The molecule has 1 aromatic rings. The number of hydrogen-bond acceptors (Lipinski definition) is 3. The van der Waals surface area contributed by atoms with Gasteiger partial charge in [-0.25, -0.2) is 0 Å². The van der Waals surface area contributed by atoms with Crippen LogP contribution in [-0.2, 0) is 0 Å². The molecule has 0 radical (unpaired) electrons. The molecule has 1 atom stereocenters. The average Bonchev–Trinajstić information content (AvgIpc) is 2.28. The summed E-state index contributed by atoms with van der Waals surface area (Å²) >= 11 is 1.61. The summed E-state index contributed by atoms with van der Waals surface area (Å²) in [6, 6.07) is 10.2. The summed E-state index contributed by atoms with van der Waals surface area (Å²) in [4.78, 5) is 1.11. The van der Waals surface area contributed by atoms with E-state index in [0.29, 0.717) is 12.5 Å². The minimum Gasteiger partial charge on any atom is -0.494 e. The molecule has 0 heterocycles. The minimum atomic E-state index is 0.0120. The number of thioether (sulfide) groups is 1. The van der Waals surface area contributed by atoms with Gasteiger partial charge in [0.05, 0.1) is 17.9 Å². The molecule has 0 bridgehead atoms. The Morgan fingerprint density at radius 2 is 1.94 bits per heavy atom. The standard InChI is InChI=1S/C13H17NOS/c1-4-15-11-5-7-12(8-6-11)16-13(9-14)10(2)3/h5-8,10,13H,4H2,1-3H3. The smallest absolute Gasteiger partial charge is 0.119 e. The third kappa shape index (κ3) is 3.79. The zero-order valence-corrected chi connectivity index (χ0v) is 10.8. The van der Waals surface area contributed by atoms with Gasteiger partial charge in [-0.05, 0) is 37.1 Å². The van der Waals surface area contributed by atoms with Crippen LogP contribution >= 0.6 is 11.8 Å². The van der Waals surface area contributed by atoms with Gasteiger partial charge in [0.15, 0.2) is 0 Å². The van der Waals surface area contributed by atoms with Gasteiger partial charge in [0.1, 0.15) is 5.75 Å². The van der Waals surface area contributed by atoms with E-state index in [4.69, 9.17) is 10.00 Å². The van der Waals surface area contributed by atoms with E-state index in [-0.39, 0.29) is 5.25 Å². The number of nitrogens with zero attached hydrogens (tertiary/aromatic N) is 1. The van der Waals surface area contributed by atoms with Crippen molar-refractivity contribution in [1.29, 1.82) is 5.26 Å². The third-order valence-corrected chi connectivity index (χ3v) is 3.58. The van der Waals surface area contributed by atoms with Crippen LogP contribution in [-0.4, -0.2) is 11.9 Å². The number of ether oxygens (including phenoxy) is 1. The number of nitriles is 1. The SMILES string of the molecule is CCOc1ccc(SC(C#N)C(C)C)cc1. The maximum atomic E-state index is 9.00. The fourth-order valence-electron chi connectivity index (χ4n) is 1.24. The average molecular weight is 235 g/mol. The van der Waals surface area contributed by atoms with Gasteiger partial charge >= 0.3 is 0 Å². The summed E-state index contributed by atoms with van der Waals surface area (Å²) in [6.45, 7) is 6.78. The minimum absolute atomic E-state index is 0.0120. The predicted octanol–water partition coefficient (Wildman–Crippen LogP) is 3.73. The molecule has 1 rings (SSSR count). The maximum absolute atomic E-state index is 9.00. The van der Waals surface area contributed by atoms with Crippen molar-refractivity contribution in [2.75, 3.05) is 6.61 Å². The topological polar surface area (TPSA) is 33.0 Å². The Balaban J connectivity index is 2.64. The number of rotatable bonds is 5. The zero-order chi connectivity index (χ0) is 12.0. The lowest BCUT2D eigenvalue weighted by Crippen LogP contribution is -2.07. The molecule has 16 heavy (non-hydrogen) atoms. The molecule has 1 aromatic carbocycles. The van der Waals surface area contributed by atoms with Crippen molar-refractivity contribution in [3.05, 3.63) is 24.3 Å². The lowest BCUT2D eigenvalue weighted by atomic mass is 10.1. The molecule has 1 unspecified atom stereocenters. The molecule has 0 amide bonds. The van der Waals surface area contributed by atoms with Gasteiger partial charge in [0.2, 0.25) is 0 Å². The Morgan fingerprint density at radius 3 is 2.38 bits per heavy atom. The first-order valence-corrected chi connectivity index (χ1v) is 6.34. The lowest BCUT2D eigenvalue weighted by molar-refractivity contribution is 0.340. The van der Waals surface area contributed by atoms with Crippen LogP contribution < -0.4 is 4.74 Å². The first-order valence-electron chi connectivity index (χ1n) is 5.46. The van der Waals surface area contributed by atoms with Gasteiger partial charge in [0.25, 0.3) is 0 Å². The van der Waals surface area contributed by atoms with E-state index in [1.54, 1.807) is 11.8 Å². The monoisotopic (exact) mass is 235 g/mol. The molecule has 0 aliphatic rings. The molecule has 0 N–H and O–H groups in total. The quantitative estimate of drug-likeness (QED) is 0.729. The second kappa shape index (κ2) is 6.44. The van der Waals surface area contributed by atoms with E-state index >= 15 is 0 Å². The number of hydrogen-bond donors (Lipinski definition) is 0. The number of benzene rings is 1. The van der Waals surface area contributed by atoms with E-state index in [1.807, 2.05) is 31.2 Å². The van der Waals surface area contributed by atoms with Crippen LogP contribution in [0.5, 0.6) is 5.75 Å². The highest BCUT2D eigenvalue weighted by Crippen LogP contribution is 2.28. The molecule has 0 aliphatic heterocycles. The van der Waals surface area contributed by atoms with Crippen LogP contribution in [0, 0.1) is 17.2 Å². The van der Waals surface area contributed by atoms with Crippen LogP contribution in [0.15, 0.2) is 29.2 Å². The summed E-state index contributed by atoms with van der Waals surface area (Å²) < 4.78 is 5.37. The Bertz CT molecular complexity index is 353. The van der Waals surface area contributed by atoms with E-state index < -0.39 is 0 Å². The first kappa shape index (κ1) is 12.9. The van der Waals surface area contributed by atoms with Crippen LogP contribution in [0.4, 0.5) is 0 Å². The Kier molecular flexibility index (Phi) is 5.21. The molecule has 0 saturated heterocycles. The largest absolute Gasteiger partial charge is 0.494 e. The van der Waals surface area contributed by atoms with Crippen LogP contribution in [0.2, 0.25) is 0 Å². The summed E-state index contributed by atoms with van der Waals surface area (Å²) in [6.07, 6.45) is 0. The molecule has 2 nitrogen and oxygen atoms in total. The molecular weight excluding hydrogens is 218 g/mol. The third-order valence-electron chi connectivity index (χ3n) is 2.13. The van der Waals surface area contributed by atoms with Gasteiger partial charge in [-0.1, -0.05) is 13.8 Å². The van der Waals surface area contributed by atoms with Crippen LogP contribution in [0.25, 0.3) is 0 Å². The van der Waals surface area contributed by atoms with E-state index in [0.717, 1.165) is 10.6 Å². The van der Waals surface area contributed by atoms with E-state index in [2.05, 4.69) is 19.9 Å². The Morgan fingerprint density at radius 1 is 1.31 bits per heavy atom. The second-order valence-corrected chi connectivity index (χ2v) is 5.03. The van der Waals surface area contributed by atoms with Crippen LogP contribution in [0.1, 0.15) is 20.8 Å². The molecule has 86 valence electrons. The van der Waals surface area contributed by atoms with E-state index in [9.17, 15) is 0 Å². The molecule has 3 heteroatoms. The van der Waals surface area contributed by atoms with Gasteiger partial charge in [-0.2, -0.15) is 5.26 Å². The van der Waals surface area contributed by atoms with Crippen molar-refractivity contribution in [2.24, 2.45) is 5.92 Å². The predicted molar refractivity (Wildman–Crippen MR) is 67.7 cm³/mol. The summed E-state index contributed by atoms with van der Waals surface area (Å²) in [5.74, 6) is 1.24. The van der Waals surface area contributed by atoms with Gasteiger partial charge in [-0.3, -0.25) is 0 Å². The first-order chi connectivity index (χ1) is 7.67. The van der Waals surface area contributed by atoms with Gasteiger partial charge in [0, 0.05) is 4.90 Å². The van der Waals surface area contributed by atoms with Crippen molar-refractivity contribution < 1.29 is 4.74 Å². The Hall–Kier alpha value is -1.14. The summed E-state index contributed by atoms with van der Waals surface area (Å²) in [5.41, 5.74) is 0. The highest BCUT2D eigenvalue weighted by molar-refractivity contribution is 8.00. The second-order valence-electron chi connectivity index (χ2n) is 3.82.